The summed E-state index contributed by atoms with van der Waals surface area (Å²) in [7, 11) is 1.71. The van der Waals surface area contributed by atoms with Crippen molar-refractivity contribution in [3.63, 3.8) is 0 Å². The largest absolute Gasteiger partial charge is 0.497 e. The lowest BCUT2D eigenvalue weighted by Crippen LogP contribution is -2.30. The van der Waals surface area contributed by atoms with Crippen LogP contribution >= 0.6 is 11.6 Å². The second kappa shape index (κ2) is 9.62. The Morgan fingerprint density at radius 1 is 0.741 bits per heavy atom. The van der Waals surface area contributed by atoms with Gasteiger partial charge in [-0.25, -0.2) is 0 Å². The van der Waals surface area contributed by atoms with Gasteiger partial charge < -0.3 is 4.74 Å². The summed E-state index contributed by atoms with van der Waals surface area (Å²) in [4.78, 5) is 0. The fourth-order valence-corrected chi connectivity index (χ4v) is 4.06. The molecule has 0 unspecified atom stereocenters. The van der Waals surface area contributed by atoms with E-state index in [-0.39, 0.29) is 5.41 Å². The first-order valence-electron chi connectivity index (χ1n) is 9.58. The predicted molar refractivity (Wildman–Crippen MR) is 115 cm³/mol. The van der Waals surface area contributed by atoms with Gasteiger partial charge in [-0.3, -0.25) is 0 Å². The normalized spacial score (nSPS) is 11.3. The predicted octanol–water partition coefficient (Wildman–Crippen LogP) is 6.63. The van der Waals surface area contributed by atoms with Gasteiger partial charge in [0.2, 0.25) is 0 Å². The average Bonchev–Trinajstić information content (AvgIpc) is 2.75. The topological polar surface area (TPSA) is 9.23 Å². The Kier molecular flexibility index (Phi) is 6.95. The Morgan fingerprint density at radius 3 is 1.78 bits per heavy atom. The monoisotopic (exact) mass is 378 g/mol. The quantitative estimate of drug-likeness (QED) is 0.300. The maximum atomic E-state index is 6.00. The Labute approximate surface area is 168 Å². The van der Waals surface area contributed by atoms with E-state index in [1.54, 1.807) is 7.11 Å². The molecule has 0 aromatic heterocycles. The lowest BCUT2D eigenvalue weighted by Gasteiger charge is -2.36. The summed E-state index contributed by atoms with van der Waals surface area (Å²) in [6.07, 6.45) is 4.15. The molecule has 3 aromatic carbocycles. The summed E-state index contributed by atoms with van der Waals surface area (Å²) in [6, 6.07) is 30.3. The lowest BCUT2D eigenvalue weighted by molar-refractivity contribution is 0.414. The van der Waals surface area contributed by atoms with Crippen molar-refractivity contribution >= 4 is 11.6 Å². The van der Waals surface area contributed by atoms with Crippen molar-refractivity contribution < 1.29 is 4.74 Å². The Hall–Kier alpha value is -2.25. The minimum absolute atomic E-state index is 0.0663. The highest BCUT2D eigenvalue weighted by Crippen LogP contribution is 2.40. The molecule has 0 saturated carbocycles. The molecule has 0 spiro atoms. The molecule has 0 aliphatic rings. The van der Waals surface area contributed by atoms with Crippen LogP contribution in [0.2, 0.25) is 0 Å². The van der Waals surface area contributed by atoms with Gasteiger partial charge in [-0.05, 0) is 48.1 Å². The van der Waals surface area contributed by atoms with E-state index >= 15 is 0 Å². The van der Waals surface area contributed by atoms with Crippen LogP contribution in [0.4, 0.5) is 0 Å². The summed E-state index contributed by atoms with van der Waals surface area (Å²) in [6.45, 7) is 0. The molecule has 0 atom stereocenters. The minimum atomic E-state index is -0.0663. The zero-order valence-corrected chi connectivity index (χ0v) is 16.7. The third-order valence-corrected chi connectivity index (χ3v) is 5.57. The average molecular weight is 379 g/mol. The summed E-state index contributed by atoms with van der Waals surface area (Å²) < 4.78 is 5.33. The van der Waals surface area contributed by atoms with Crippen LogP contribution in [0.25, 0.3) is 0 Å². The number of alkyl halides is 1. The van der Waals surface area contributed by atoms with E-state index in [0.29, 0.717) is 5.88 Å². The molecule has 0 aliphatic heterocycles. The molecule has 0 fully saturated rings. The van der Waals surface area contributed by atoms with Crippen molar-refractivity contribution in [3.8, 4) is 5.75 Å². The van der Waals surface area contributed by atoms with E-state index < -0.39 is 0 Å². The van der Waals surface area contributed by atoms with Gasteiger partial charge in [-0.2, -0.15) is 0 Å². The number of unbranched alkanes of at least 4 members (excludes halogenated alkanes) is 1. The maximum absolute atomic E-state index is 6.00. The number of methoxy groups -OCH3 is 1. The fraction of sp³-hybridized carbons (Fsp3) is 0.280. The molecule has 0 N–H and O–H groups in total. The van der Waals surface area contributed by atoms with Crippen LogP contribution < -0.4 is 4.74 Å². The molecule has 140 valence electrons. The highest BCUT2D eigenvalue weighted by atomic mass is 35.5. The molecule has 0 radical (unpaired) electrons. The van der Waals surface area contributed by atoms with Crippen LogP contribution in [0.1, 0.15) is 36.0 Å². The third-order valence-electron chi connectivity index (χ3n) is 5.30. The van der Waals surface area contributed by atoms with Crippen molar-refractivity contribution in [2.45, 2.75) is 31.1 Å². The molecular weight excluding hydrogens is 352 g/mol. The molecule has 0 bridgehead atoms. The summed E-state index contributed by atoms with van der Waals surface area (Å²) >= 11 is 6.00. The van der Waals surface area contributed by atoms with Crippen molar-refractivity contribution in [3.05, 3.63) is 102 Å². The first-order chi connectivity index (χ1) is 13.3. The molecule has 2 heteroatoms. The highest BCUT2D eigenvalue weighted by Gasteiger charge is 2.33. The summed E-state index contributed by atoms with van der Waals surface area (Å²) in [5, 5.41) is 0. The minimum Gasteiger partial charge on any atom is -0.497 e. The number of ether oxygens (including phenoxy) is 1. The molecule has 27 heavy (non-hydrogen) atoms. The van der Waals surface area contributed by atoms with E-state index in [0.717, 1.165) is 31.4 Å². The van der Waals surface area contributed by atoms with E-state index in [4.69, 9.17) is 16.3 Å². The molecule has 0 heterocycles. The fourth-order valence-electron chi connectivity index (χ4n) is 3.88. The standard InChI is InChI=1S/C25H27ClO/c1-27-24-16-14-21(15-17-24)20-25(18-8-9-19-26,22-10-4-2-5-11-22)23-12-6-3-7-13-23/h2-7,10-17H,8-9,18-20H2,1H3. The van der Waals surface area contributed by atoms with E-state index in [1.807, 2.05) is 0 Å². The van der Waals surface area contributed by atoms with Crippen LogP contribution in [0.15, 0.2) is 84.9 Å². The van der Waals surface area contributed by atoms with E-state index in [1.165, 1.54) is 16.7 Å². The maximum Gasteiger partial charge on any atom is 0.118 e. The molecule has 3 rings (SSSR count). The zero-order valence-electron chi connectivity index (χ0n) is 15.9. The van der Waals surface area contributed by atoms with Gasteiger partial charge in [0, 0.05) is 11.3 Å². The molecule has 0 saturated heterocycles. The van der Waals surface area contributed by atoms with Gasteiger partial charge in [0.25, 0.3) is 0 Å². The number of halogens is 1. The Bertz CT molecular complexity index is 757. The van der Waals surface area contributed by atoms with Gasteiger partial charge in [-0.15, -0.1) is 11.6 Å². The van der Waals surface area contributed by atoms with Crippen LogP contribution in [0.5, 0.6) is 5.75 Å². The van der Waals surface area contributed by atoms with Crippen molar-refractivity contribution in [1.29, 1.82) is 0 Å². The first-order valence-corrected chi connectivity index (χ1v) is 10.1. The van der Waals surface area contributed by atoms with Crippen molar-refractivity contribution in [2.75, 3.05) is 13.0 Å². The van der Waals surface area contributed by atoms with Crippen molar-refractivity contribution in [1.82, 2.24) is 0 Å². The summed E-state index contributed by atoms with van der Waals surface area (Å²) in [5.74, 6) is 1.60. The van der Waals surface area contributed by atoms with Gasteiger partial charge in [0.15, 0.2) is 0 Å². The van der Waals surface area contributed by atoms with E-state index in [2.05, 4.69) is 84.9 Å². The van der Waals surface area contributed by atoms with Crippen molar-refractivity contribution in [2.24, 2.45) is 0 Å². The molecule has 0 aliphatic carbocycles. The highest BCUT2D eigenvalue weighted by molar-refractivity contribution is 6.17. The smallest absolute Gasteiger partial charge is 0.118 e. The van der Waals surface area contributed by atoms with Gasteiger partial charge in [-0.1, -0.05) is 79.2 Å². The van der Waals surface area contributed by atoms with Crippen LogP contribution in [-0.2, 0) is 11.8 Å². The number of hydrogen-bond donors (Lipinski definition) is 0. The number of rotatable bonds is 9. The van der Waals surface area contributed by atoms with Crippen LogP contribution in [-0.4, -0.2) is 13.0 Å². The zero-order chi connectivity index (χ0) is 19.0. The van der Waals surface area contributed by atoms with Crippen LogP contribution in [0.3, 0.4) is 0 Å². The van der Waals surface area contributed by atoms with Crippen LogP contribution in [0, 0.1) is 0 Å². The SMILES string of the molecule is COc1ccc(CC(CCCCCl)(c2ccccc2)c2ccccc2)cc1. The number of benzene rings is 3. The molecular formula is C25H27ClO. The first kappa shape index (κ1) is 19.5. The van der Waals surface area contributed by atoms with Gasteiger partial charge in [0.1, 0.15) is 5.75 Å². The lowest BCUT2D eigenvalue weighted by atomic mass is 9.67. The van der Waals surface area contributed by atoms with Gasteiger partial charge >= 0.3 is 0 Å². The Balaban J connectivity index is 2.06. The second-order valence-corrected chi connectivity index (χ2v) is 7.36. The number of hydrogen-bond acceptors (Lipinski definition) is 1. The van der Waals surface area contributed by atoms with Gasteiger partial charge in [0.05, 0.1) is 7.11 Å². The second-order valence-electron chi connectivity index (χ2n) is 6.99. The third kappa shape index (κ3) is 4.73. The Morgan fingerprint density at radius 2 is 1.30 bits per heavy atom. The molecule has 1 nitrogen and oxygen atoms in total. The molecule has 3 aromatic rings. The molecule has 0 amide bonds. The summed E-state index contributed by atoms with van der Waals surface area (Å²) in [5.41, 5.74) is 3.97. The van der Waals surface area contributed by atoms with E-state index in [9.17, 15) is 0 Å².